The molecule has 1 N–H and O–H groups in total. The minimum absolute atomic E-state index is 0.213. The van der Waals surface area contributed by atoms with E-state index in [0.717, 1.165) is 24.9 Å². The molecule has 1 aromatic carbocycles. The quantitative estimate of drug-likeness (QED) is 0.771. The molecule has 0 unspecified atom stereocenters. The van der Waals surface area contributed by atoms with Crippen LogP contribution in [0.4, 0.5) is 5.69 Å². The summed E-state index contributed by atoms with van der Waals surface area (Å²) in [6, 6.07) is 9.61. The van der Waals surface area contributed by atoms with Crippen molar-refractivity contribution in [1.29, 1.82) is 0 Å². The van der Waals surface area contributed by atoms with E-state index in [-0.39, 0.29) is 11.9 Å². The van der Waals surface area contributed by atoms with Crippen molar-refractivity contribution in [3.05, 3.63) is 30.3 Å². The van der Waals surface area contributed by atoms with Gasteiger partial charge in [-0.05, 0) is 31.4 Å². The number of para-hydroxylation sites is 1. The van der Waals surface area contributed by atoms with Crippen LogP contribution in [0.15, 0.2) is 30.3 Å². The summed E-state index contributed by atoms with van der Waals surface area (Å²) in [5, 5.41) is 0. The second kappa shape index (κ2) is 4.94. The van der Waals surface area contributed by atoms with Crippen molar-refractivity contribution < 1.29 is 9.63 Å². The summed E-state index contributed by atoms with van der Waals surface area (Å²) in [6.07, 6.45) is 3.30. The Morgan fingerprint density at radius 2 is 2.00 bits per heavy atom. The fourth-order valence-electron chi connectivity index (χ4n) is 1.72. The highest BCUT2D eigenvalue weighted by molar-refractivity contribution is 5.83. The molecule has 1 aliphatic carbocycles. The van der Waals surface area contributed by atoms with E-state index in [4.69, 9.17) is 4.84 Å². The summed E-state index contributed by atoms with van der Waals surface area (Å²) >= 11 is 0. The summed E-state index contributed by atoms with van der Waals surface area (Å²) in [6.45, 7) is 0. The molecule has 0 saturated heterocycles. The van der Waals surface area contributed by atoms with Gasteiger partial charge in [-0.15, -0.1) is 0 Å². The number of rotatable bonds is 3. The van der Waals surface area contributed by atoms with Crippen molar-refractivity contribution in [3.8, 4) is 0 Å². The second-order valence-electron chi connectivity index (χ2n) is 3.79. The molecule has 0 aromatic heterocycles. The summed E-state index contributed by atoms with van der Waals surface area (Å²) in [5.74, 6) is 0.213. The number of hydrogen-bond donors (Lipinski definition) is 1. The Labute approximate surface area is 89.4 Å². The van der Waals surface area contributed by atoms with E-state index in [0.29, 0.717) is 6.42 Å². The third-order valence-corrected chi connectivity index (χ3v) is 2.59. The van der Waals surface area contributed by atoms with Crippen molar-refractivity contribution in [2.24, 2.45) is 0 Å². The molecule has 0 bridgehead atoms. The maximum Gasteiger partial charge on any atom is 0.164 e. The maximum atomic E-state index is 11.5. The first-order valence-corrected chi connectivity index (χ1v) is 5.36. The van der Waals surface area contributed by atoms with Crippen LogP contribution in [-0.2, 0) is 9.63 Å². The zero-order valence-corrected chi connectivity index (χ0v) is 8.61. The molecule has 1 aliphatic rings. The van der Waals surface area contributed by atoms with Gasteiger partial charge in [0.25, 0.3) is 0 Å². The Kier molecular flexibility index (Phi) is 3.35. The van der Waals surface area contributed by atoms with Crippen LogP contribution in [0.3, 0.4) is 0 Å². The molecule has 3 nitrogen and oxygen atoms in total. The van der Waals surface area contributed by atoms with Gasteiger partial charge in [0.2, 0.25) is 0 Å². The van der Waals surface area contributed by atoms with Gasteiger partial charge in [-0.25, -0.2) is 0 Å². The Morgan fingerprint density at radius 3 is 2.73 bits per heavy atom. The summed E-state index contributed by atoms with van der Waals surface area (Å²) < 4.78 is 0. The lowest BCUT2D eigenvalue weighted by Gasteiger charge is -2.20. The fraction of sp³-hybridized carbons (Fsp3) is 0.417. The standard InChI is InChI=1S/C12H15NO2/c14-11-8-4-5-9-12(11)15-13-10-6-2-1-3-7-10/h1-3,6-7,12-13H,4-5,8-9H2/t12-/m1/s1. The highest BCUT2D eigenvalue weighted by Crippen LogP contribution is 2.18. The van der Waals surface area contributed by atoms with E-state index in [1.165, 1.54) is 0 Å². The van der Waals surface area contributed by atoms with Crippen LogP contribution in [0.25, 0.3) is 0 Å². The minimum Gasteiger partial charge on any atom is -0.297 e. The lowest BCUT2D eigenvalue weighted by atomic mass is 9.97. The van der Waals surface area contributed by atoms with Crippen molar-refractivity contribution >= 4 is 11.5 Å². The van der Waals surface area contributed by atoms with Crippen LogP contribution in [0.5, 0.6) is 0 Å². The third-order valence-electron chi connectivity index (χ3n) is 2.59. The van der Waals surface area contributed by atoms with Gasteiger partial charge in [0.15, 0.2) is 5.78 Å². The van der Waals surface area contributed by atoms with Gasteiger partial charge in [-0.2, -0.15) is 0 Å². The van der Waals surface area contributed by atoms with Crippen molar-refractivity contribution in [1.82, 2.24) is 0 Å². The highest BCUT2D eigenvalue weighted by atomic mass is 16.7. The molecule has 0 heterocycles. The predicted octanol–water partition coefficient (Wildman–Crippen LogP) is 2.54. The first-order valence-electron chi connectivity index (χ1n) is 5.36. The smallest absolute Gasteiger partial charge is 0.164 e. The number of anilines is 1. The summed E-state index contributed by atoms with van der Waals surface area (Å²) in [4.78, 5) is 16.8. The molecule has 1 fully saturated rings. The normalized spacial score (nSPS) is 21.3. The van der Waals surface area contributed by atoms with E-state index >= 15 is 0 Å². The Bertz CT molecular complexity index is 324. The summed E-state index contributed by atoms with van der Waals surface area (Å²) in [7, 11) is 0. The van der Waals surface area contributed by atoms with Gasteiger partial charge >= 0.3 is 0 Å². The van der Waals surface area contributed by atoms with Gasteiger partial charge in [-0.3, -0.25) is 15.1 Å². The number of hydrogen-bond acceptors (Lipinski definition) is 3. The Hall–Kier alpha value is -1.35. The molecular formula is C12H15NO2. The van der Waals surface area contributed by atoms with Crippen molar-refractivity contribution in [3.63, 3.8) is 0 Å². The van der Waals surface area contributed by atoms with E-state index in [1.807, 2.05) is 30.3 Å². The first kappa shape index (κ1) is 10.2. The predicted molar refractivity (Wildman–Crippen MR) is 58.4 cm³/mol. The number of carbonyl (C=O) groups excluding carboxylic acids is 1. The minimum atomic E-state index is -0.265. The third kappa shape index (κ3) is 2.80. The van der Waals surface area contributed by atoms with Crippen LogP contribution in [-0.4, -0.2) is 11.9 Å². The zero-order chi connectivity index (χ0) is 10.5. The lowest BCUT2D eigenvalue weighted by molar-refractivity contribution is -0.131. The average Bonchev–Trinajstić information content (AvgIpc) is 2.29. The number of benzene rings is 1. The van der Waals surface area contributed by atoms with E-state index in [2.05, 4.69) is 5.48 Å². The first-order chi connectivity index (χ1) is 7.36. The molecule has 15 heavy (non-hydrogen) atoms. The van der Waals surface area contributed by atoms with Crippen LogP contribution in [0.2, 0.25) is 0 Å². The Balaban J connectivity index is 1.85. The van der Waals surface area contributed by atoms with Gasteiger partial charge < -0.3 is 0 Å². The molecule has 1 saturated carbocycles. The molecular weight excluding hydrogens is 190 g/mol. The molecule has 0 amide bonds. The Morgan fingerprint density at radius 1 is 1.20 bits per heavy atom. The average molecular weight is 205 g/mol. The highest BCUT2D eigenvalue weighted by Gasteiger charge is 2.23. The van der Waals surface area contributed by atoms with Crippen LogP contribution < -0.4 is 5.48 Å². The molecule has 0 spiro atoms. The molecule has 3 heteroatoms. The fourth-order valence-corrected chi connectivity index (χ4v) is 1.72. The zero-order valence-electron chi connectivity index (χ0n) is 8.61. The van der Waals surface area contributed by atoms with Crippen LogP contribution in [0.1, 0.15) is 25.7 Å². The summed E-state index contributed by atoms with van der Waals surface area (Å²) in [5.41, 5.74) is 3.71. The molecule has 0 radical (unpaired) electrons. The maximum absolute atomic E-state index is 11.5. The second-order valence-corrected chi connectivity index (χ2v) is 3.79. The topological polar surface area (TPSA) is 38.3 Å². The van der Waals surface area contributed by atoms with Gasteiger partial charge in [0.1, 0.15) is 6.10 Å². The number of carbonyl (C=O) groups is 1. The van der Waals surface area contributed by atoms with Gasteiger partial charge in [0, 0.05) is 6.42 Å². The number of nitrogens with one attached hydrogen (secondary N) is 1. The van der Waals surface area contributed by atoms with E-state index < -0.39 is 0 Å². The largest absolute Gasteiger partial charge is 0.297 e. The van der Waals surface area contributed by atoms with E-state index in [9.17, 15) is 4.79 Å². The SMILES string of the molecule is O=C1CCCC[C@H]1ONc1ccccc1. The lowest BCUT2D eigenvalue weighted by Crippen LogP contribution is -2.29. The van der Waals surface area contributed by atoms with Gasteiger partial charge in [-0.1, -0.05) is 18.2 Å². The molecule has 0 aliphatic heterocycles. The van der Waals surface area contributed by atoms with Crippen LogP contribution in [0, 0.1) is 0 Å². The van der Waals surface area contributed by atoms with Crippen LogP contribution >= 0.6 is 0 Å². The van der Waals surface area contributed by atoms with Crippen molar-refractivity contribution in [2.45, 2.75) is 31.8 Å². The molecule has 80 valence electrons. The molecule has 1 aromatic rings. The number of ketones is 1. The molecule has 1 atom stereocenters. The number of Topliss-reactive ketones (excluding diaryl/α,β-unsaturated/α-hetero) is 1. The van der Waals surface area contributed by atoms with Crippen molar-refractivity contribution in [2.75, 3.05) is 5.48 Å². The van der Waals surface area contributed by atoms with Gasteiger partial charge in [0.05, 0.1) is 5.69 Å². The van der Waals surface area contributed by atoms with E-state index in [1.54, 1.807) is 0 Å². The monoisotopic (exact) mass is 205 g/mol. The molecule has 2 rings (SSSR count).